The average Bonchev–Trinajstić information content (AvgIpc) is 3.06. The molecule has 3 fully saturated rings. The number of aliphatic hydroxyl groups is 5. The SMILES string of the molecule is COC(C)(C)CC[C@@H](O)[C@@](C)(O)C1CC[C@@]2(O)C3=CC(=O)[C@@H]4C[C@@H](O)[C@@H](O)C[C@]4(C)C3CC[C@]12C. The van der Waals surface area contributed by atoms with Gasteiger partial charge in [-0.05, 0) is 101 Å². The van der Waals surface area contributed by atoms with Gasteiger partial charge in [0.25, 0.3) is 0 Å². The molecule has 4 aliphatic rings. The standard InChI is InChI=1S/C28H46O7/c1-24(2,35-6)10-9-23(32)27(5,33)22-8-12-28(34)17-13-19(29)18-14-20(30)21(31)15-25(18,3)16(17)7-11-26(22,28)4/h13,16,18,20-23,30-34H,7-12,14-15H2,1-6H3/t16?,18-,20+,21-,22?,23+,25+,26+,27-,28+/m0/s1. The van der Waals surface area contributed by atoms with E-state index in [0.29, 0.717) is 38.5 Å². The zero-order valence-electron chi connectivity index (χ0n) is 22.3. The lowest BCUT2D eigenvalue weighted by Crippen LogP contribution is -2.62. The fourth-order valence-electron chi connectivity index (χ4n) is 8.42. The summed E-state index contributed by atoms with van der Waals surface area (Å²) >= 11 is 0. The van der Waals surface area contributed by atoms with Gasteiger partial charge in [0.05, 0.1) is 35.1 Å². The predicted molar refractivity (Wildman–Crippen MR) is 131 cm³/mol. The molecule has 0 aromatic carbocycles. The lowest BCUT2D eigenvalue weighted by molar-refractivity contribution is -0.177. The van der Waals surface area contributed by atoms with E-state index in [1.165, 1.54) is 0 Å². The molecular formula is C28H46O7. The molecule has 5 N–H and O–H groups in total. The second-order valence-corrected chi connectivity index (χ2v) is 13.3. The minimum atomic E-state index is -1.41. The van der Waals surface area contributed by atoms with Crippen molar-refractivity contribution in [1.29, 1.82) is 0 Å². The third-order valence-corrected chi connectivity index (χ3v) is 11.1. The summed E-state index contributed by atoms with van der Waals surface area (Å²) in [5, 5.41) is 55.8. The van der Waals surface area contributed by atoms with Crippen LogP contribution in [0.3, 0.4) is 0 Å². The summed E-state index contributed by atoms with van der Waals surface area (Å²) in [6.45, 7) is 9.61. The van der Waals surface area contributed by atoms with Crippen LogP contribution in [0.15, 0.2) is 11.6 Å². The van der Waals surface area contributed by atoms with Crippen molar-refractivity contribution < 1.29 is 35.1 Å². The first kappa shape index (κ1) is 27.2. The fraction of sp³-hybridized carbons (Fsp3) is 0.893. The molecular weight excluding hydrogens is 448 g/mol. The van der Waals surface area contributed by atoms with Gasteiger partial charge in [-0.2, -0.15) is 0 Å². The van der Waals surface area contributed by atoms with Gasteiger partial charge in [-0.25, -0.2) is 0 Å². The quantitative estimate of drug-likeness (QED) is 0.384. The summed E-state index contributed by atoms with van der Waals surface area (Å²) in [6.07, 6.45) is 2.74. The minimum Gasteiger partial charge on any atom is -0.390 e. The highest BCUT2D eigenvalue weighted by atomic mass is 16.5. The van der Waals surface area contributed by atoms with Crippen molar-refractivity contribution in [3.8, 4) is 0 Å². The summed E-state index contributed by atoms with van der Waals surface area (Å²) < 4.78 is 5.48. The summed E-state index contributed by atoms with van der Waals surface area (Å²) in [6, 6.07) is 0. The average molecular weight is 495 g/mol. The van der Waals surface area contributed by atoms with Gasteiger partial charge < -0.3 is 30.3 Å². The van der Waals surface area contributed by atoms with Crippen LogP contribution in [-0.2, 0) is 9.53 Å². The molecule has 4 rings (SSSR count). The van der Waals surface area contributed by atoms with E-state index in [1.807, 2.05) is 27.7 Å². The lowest BCUT2D eigenvalue weighted by atomic mass is 9.45. The van der Waals surface area contributed by atoms with Crippen molar-refractivity contribution in [1.82, 2.24) is 0 Å². The Hall–Kier alpha value is -0.830. The van der Waals surface area contributed by atoms with E-state index in [0.717, 1.165) is 12.0 Å². The highest BCUT2D eigenvalue weighted by Gasteiger charge is 2.69. The van der Waals surface area contributed by atoms with E-state index in [-0.39, 0.29) is 30.0 Å². The Morgan fingerprint density at radius 2 is 1.77 bits per heavy atom. The molecule has 7 nitrogen and oxygen atoms in total. The zero-order chi connectivity index (χ0) is 26.2. The van der Waals surface area contributed by atoms with E-state index in [2.05, 4.69) is 0 Å². The van der Waals surface area contributed by atoms with Crippen LogP contribution in [0.25, 0.3) is 0 Å². The number of methoxy groups -OCH3 is 1. The van der Waals surface area contributed by atoms with Crippen LogP contribution in [0.5, 0.6) is 0 Å². The first-order valence-electron chi connectivity index (χ1n) is 13.3. The Labute approximate surface area is 209 Å². The van der Waals surface area contributed by atoms with E-state index >= 15 is 0 Å². The summed E-state index contributed by atoms with van der Waals surface area (Å²) in [4.78, 5) is 13.3. The Morgan fingerprint density at radius 3 is 2.40 bits per heavy atom. The van der Waals surface area contributed by atoms with Crippen LogP contribution < -0.4 is 0 Å². The van der Waals surface area contributed by atoms with Gasteiger partial charge in [0.2, 0.25) is 0 Å². The van der Waals surface area contributed by atoms with Gasteiger partial charge in [0, 0.05) is 18.4 Å². The van der Waals surface area contributed by atoms with Crippen LogP contribution in [0, 0.1) is 28.6 Å². The summed E-state index contributed by atoms with van der Waals surface area (Å²) in [5.41, 5.74) is -3.58. The van der Waals surface area contributed by atoms with Crippen LogP contribution in [0.4, 0.5) is 0 Å². The second kappa shape index (κ2) is 8.60. The van der Waals surface area contributed by atoms with E-state index in [1.54, 1.807) is 20.1 Å². The molecule has 0 saturated heterocycles. The number of ether oxygens (including phenoxy) is 1. The number of ketones is 1. The molecule has 0 spiro atoms. The van der Waals surface area contributed by atoms with Gasteiger partial charge in [0.1, 0.15) is 0 Å². The van der Waals surface area contributed by atoms with E-state index in [4.69, 9.17) is 4.74 Å². The van der Waals surface area contributed by atoms with Crippen molar-refractivity contribution in [3.05, 3.63) is 11.6 Å². The van der Waals surface area contributed by atoms with E-state index in [9.17, 15) is 30.3 Å². The highest BCUT2D eigenvalue weighted by molar-refractivity contribution is 5.95. The molecule has 4 aliphatic carbocycles. The molecule has 0 aromatic rings. The molecule has 0 amide bonds. The number of hydrogen-bond donors (Lipinski definition) is 5. The maximum atomic E-state index is 13.3. The minimum absolute atomic E-state index is 0.0680. The maximum absolute atomic E-state index is 13.3. The van der Waals surface area contributed by atoms with Crippen molar-refractivity contribution in [2.75, 3.05) is 7.11 Å². The van der Waals surface area contributed by atoms with Crippen molar-refractivity contribution in [3.63, 3.8) is 0 Å². The summed E-state index contributed by atoms with van der Waals surface area (Å²) in [5.74, 6) is -0.864. The van der Waals surface area contributed by atoms with E-state index < -0.39 is 45.9 Å². The second-order valence-electron chi connectivity index (χ2n) is 13.3. The molecule has 2 unspecified atom stereocenters. The van der Waals surface area contributed by atoms with Gasteiger partial charge >= 0.3 is 0 Å². The number of carbonyl (C=O) groups excluding carboxylic acids is 1. The molecule has 10 atom stereocenters. The molecule has 0 aromatic heterocycles. The fourth-order valence-corrected chi connectivity index (χ4v) is 8.42. The number of fused-ring (bicyclic) bond motifs is 5. The Kier molecular flexibility index (Phi) is 6.69. The molecule has 0 aliphatic heterocycles. The highest BCUT2D eigenvalue weighted by Crippen LogP contribution is 2.68. The molecule has 200 valence electrons. The summed E-state index contributed by atoms with van der Waals surface area (Å²) in [7, 11) is 1.64. The van der Waals surface area contributed by atoms with Gasteiger partial charge in [0.15, 0.2) is 5.78 Å². The van der Waals surface area contributed by atoms with Gasteiger partial charge in [-0.3, -0.25) is 4.79 Å². The normalized spacial score (nSPS) is 46.2. The molecule has 0 bridgehead atoms. The largest absolute Gasteiger partial charge is 0.390 e. The smallest absolute Gasteiger partial charge is 0.159 e. The van der Waals surface area contributed by atoms with Crippen molar-refractivity contribution >= 4 is 5.78 Å². The van der Waals surface area contributed by atoms with Crippen LogP contribution in [-0.4, -0.2) is 73.5 Å². The molecule has 7 heteroatoms. The van der Waals surface area contributed by atoms with Crippen LogP contribution in [0.1, 0.15) is 86.0 Å². The molecule has 0 radical (unpaired) electrons. The topological polar surface area (TPSA) is 127 Å². The van der Waals surface area contributed by atoms with Gasteiger partial charge in [-0.1, -0.05) is 13.8 Å². The number of allylic oxidation sites excluding steroid dienone is 1. The Bertz CT molecular complexity index is 881. The Morgan fingerprint density at radius 1 is 1.11 bits per heavy atom. The number of hydrogen-bond acceptors (Lipinski definition) is 7. The third kappa shape index (κ3) is 3.96. The van der Waals surface area contributed by atoms with Crippen molar-refractivity contribution in [2.45, 2.75) is 121 Å². The molecule has 3 saturated carbocycles. The zero-order valence-corrected chi connectivity index (χ0v) is 22.3. The number of carbonyl (C=O) groups is 1. The predicted octanol–water partition coefficient (Wildman–Crippen LogP) is 2.51. The van der Waals surface area contributed by atoms with Gasteiger partial charge in [-0.15, -0.1) is 0 Å². The Balaban J connectivity index is 1.64. The first-order chi connectivity index (χ1) is 16.0. The third-order valence-electron chi connectivity index (χ3n) is 11.1. The monoisotopic (exact) mass is 494 g/mol. The van der Waals surface area contributed by atoms with Crippen molar-refractivity contribution in [2.24, 2.45) is 28.6 Å². The van der Waals surface area contributed by atoms with Crippen LogP contribution >= 0.6 is 0 Å². The molecule has 0 heterocycles. The van der Waals surface area contributed by atoms with Crippen LogP contribution in [0.2, 0.25) is 0 Å². The maximum Gasteiger partial charge on any atom is 0.159 e. The lowest BCUT2D eigenvalue weighted by Gasteiger charge is -2.60. The first-order valence-corrected chi connectivity index (χ1v) is 13.3. The number of rotatable bonds is 6. The molecule has 35 heavy (non-hydrogen) atoms. The number of aliphatic hydroxyl groups excluding tert-OH is 3.